The first-order chi connectivity index (χ1) is 15.0. The van der Waals surface area contributed by atoms with Crippen LogP contribution in [0.2, 0.25) is 0 Å². The van der Waals surface area contributed by atoms with Gasteiger partial charge in [0.05, 0.1) is 29.4 Å². The minimum Gasteiger partial charge on any atom is -0.496 e. The van der Waals surface area contributed by atoms with Gasteiger partial charge in [-0.2, -0.15) is 0 Å². The van der Waals surface area contributed by atoms with Crippen molar-refractivity contribution in [3.8, 4) is 5.75 Å². The number of likely N-dealkylation sites (tertiary alicyclic amines) is 1. The number of amides is 1. The van der Waals surface area contributed by atoms with Gasteiger partial charge >= 0.3 is 0 Å². The molecule has 162 valence electrons. The zero-order valence-corrected chi connectivity index (χ0v) is 18.9. The highest BCUT2D eigenvalue weighted by Crippen LogP contribution is 2.31. The second-order valence-corrected chi connectivity index (χ2v) is 8.81. The number of hydrogen-bond acceptors (Lipinski definition) is 7. The maximum Gasteiger partial charge on any atom is 0.260 e. The number of carbonyl (C=O) groups is 1. The lowest BCUT2D eigenvalue weighted by Gasteiger charge is -2.34. The Bertz CT molecular complexity index is 1070. The predicted molar refractivity (Wildman–Crippen MR) is 122 cm³/mol. The van der Waals surface area contributed by atoms with E-state index in [4.69, 9.17) is 14.7 Å². The summed E-state index contributed by atoms with van der Waals surface area (Å²) in [5.41, 5.74) is 2.39. The van der Waals surface area contributed by atoms with Crippen LogP contribution in [0, 0.1) is 13.8 Å². The number of aromatic nitrogens is 3. The van der Waals surface area contributed by atoms with Crippen molar-refractivity contribution in [1.82, 2.24) is 19.9 Å². The molecule has 1 aliphatic heterocycles. The minimum absolute atomic E-state index is 0.109. The topological polar surface area (TPSA) is 80.2 Å². The van der Waals surface area contributed by atoms with Crippen LogP contribution in [0.15, 0.2) is 35.7 Å². The standard InChI is InChI=1S/C23H27N5O2S/c1-15-12-21(27-23(29)18-8-4-5-10-20(18)30-3)26-22(24-15)19-9-6-7-11-28(19)13-17-14-31-16(2)25-17/h4-5,8,10,12,14,19H,6-7,9,11,13H2,1-3H3,(H,24,26,27,29). The van der Waals surface area contributed by atoms with Gasteiger partial charge in [-0.3, -0.25) is 9.69 Å². The summed E-state index contributed by atoms with van der Waals surface area (Å²) in [5, 5.41) is 6.12. The molecule has 7 nitrogen and oxygen atoms in total. The van der Waals surface area contributed by atoms with Gasteiger partial charge in [0.2, 0.25) is 0 Å². The number of rotatable bonds is 6. The molecular weight excluding hydrogens is 410 g/mol. The molecule has 0 bridgehead atoms. The molecule has 31 heavy (non-hydrogen) atoms. The van der Waals surface area contributed by atoms with Gasteiger partial charge in [-0.05, 0) is 45.4 Å². The zero-order chi connectivity index (χ0) is 21.8. The average Bonchev–Trinajstić information content (AvgIpc) is 3.18. The van der Waals surface area contributed by atoms with Crippen LogP contribution in [-0.4, -0.2) is 39.4 Å². The maximum atomic E-state index is 12.8. The van der Waals surface area contributed by atoms with Crippen molar-refractivity contribution in [2.75, 3.05) is 19.0 Å². The van der Waals surface area contributed by atoms with Gasteiger partial charge in [-0.25, -0.2) is 15.0 Å². The minimum atomic E-state index is -0.250. The first-order valence-corrected chi connectivity index (χ1v) is 11.4. The first kappa shape index (κ1) is 21.4. The Labute approximate surface area is 186 Å². The number of carbonyl (C=O) groups excluding carboxylic acids is 1. The van der Waals surface area contributed by atoms with Crippen molar-refractivity contribution < 1.29 is 9.53 Å². The fourth-order valence-corrected chi connectivity index (χ4v) is 4.59. The lowest BCUT2D eigenvalue weighted by Crippen LogP contribution is -2.34. The van der Waals surface area contributed by atoms with Crippen molar-refractivity contribution in [3.63, 3.8) is 0 Å². The Kier molecular flexibility index (Phi) is 6.58. The van der Waals surface area contributed by atoms with Crippen LogP contribution in [-0.2, 0) is 6.54 Å². The number of para-hydroxylation sites is 1. The molecule has 4 rings (SSSR count). The van der Waals surface area contributed by atoms with Gasteiger partial charge in [0, 0.05) is 23.7 Å². The molecule has 1 N–H and O–H groups in total. The monoisotopic (exact) mass is 437 g/mol. The van der Waals surface area contributed by atoms with E-state index in [1.54, 1.807) is 36.6 Å². The second kappa shape index (κ2) is 9.53. The van der Waals surface area contributed by atoms with E-state index in [2.05, 4.69) is 20.6 Å². The molecule has 1 saturated heterocycles. The van der Waals surface area contributed by atoms with Crippen LogP contribution in [0.1, 0.15) is 57.9 Å². The number of piperidine rings is 1. The highest BCUT2D eigenvalue weighted by atomic mass is 32.1. The van der Waals surface area contributed by atoms with Gasteiger partial charge in [0.25, 0.3) is 5.91 Å². The summed E-state index contributed by atoms with van der Waals surface area (Å²) in [7, 11) is 1.56. The van der Waals surface area contributed by atoms with Crippen molar-refractivity contribution in [2.24, 2.45) is 0 Å². The Morgan fingerprint density at radius 1 is 1.23 bits per heavy atom. The molecule has 0 radical (unpaired) electrons. The summed E-state index contributed by atoms with van der Waals surface area (Å²) >= 11 is 1.68. The summed E-state index contributed by atoms with van der Waals surface area (Å²) < 4.78 is 5.31. The summed E-state index contributed by atoms with van der Waals surface area (Å²) in [6, 6.07) is 9.07. The van der Waals surface area contributed by atoms with Crippen LogP contribution in [0.4, 0.5) is 5.82 Å². The van der Waals surface area contributed by atoms with E-state index < -0.39 is 0 Å². The number of hydrogen-bond donors (Lipinski definition) is 1. The largest absolute Gasteiger partial charge is 0.496 e. The van der Waals surface area contributed by atoms with E-state index in [0.717, 1.165) is 54.6 Å². The maximum absolute atomic E-state index is 12.8. The number of nitrogens with zero attached hydrogens (tertiary/aromatic N) is 4. The lowest BCUT2D eigenvalue weighted by atomic mass is 10.0. The van der Waals surface area contributed by atoms with Crippen molar-refractivity contribution in [3.05, 3.63) is 63.5 Å². The molecule has 0 spiro atoms. The Morgan fingerprint density at radius 3 is 2.84 bits per heavy atom. The molecule has 3 aromatic rings. The normalized spacial score (nSPS) is 16.8. The molecule has 1 aliphatic rings. The highest BCUT2D eigenvalue weighted by Gasteiger charge is 2.27. The number of aryl methyl sites for hydroxylation is 2. The molecule has 1 fully saturated rings. The summed E-state index contributed by atoms with van der Waals surface area (Å²) in [5.74, 6) is 1.54. The fraction of sp³-hybridized carbons (Fsp3) is 0.391. The van der Waals surface area contributed by atoms with Crippen LogP contribution < -0.4 is 10.1 Å². The molecule has 1 atom stereocenters. The van der Waals surface area contributed by atoms with E-state index in [9.17, 15) is 4.79 Å². The fourth-order valence-electron chi connectivity index (χ4n) is 3.98. The van der Waals surface area contributed by atoms with Crippen LogP contribution in [0.5, 0.6) is 5.75 Å². The first-order valence-electron chi connectivity index (χ1n) is 10.5. The Balaban J connectivity index is 1.56. The van der Waals surface area contributed by atoms with Crippen molar-refractivity contribution >= 4 is 23.1 Å². The van der Waals surface area contributed by atoms with Gasteiger partial charge in [0.1, 0.15) is 17.4 Å². The molecule has 0 saturated carbocycles. The number of benzene rings is 1. The molecule has 8 heteroatoms. The average molecular weight is 438 g/mol. The smallest absolute Gasteiger partial charge is 0.260 e. The van der Waals surface area contributed by atoms with E-state index in [1.807, 2.05) is 26.0 Å². The highest BCUT2D eigenvalue weighted by molar-refractivity contribution is 7.09. The Morgan fingerprint density at radius 2 is 2.06 bits per heavy atom. The molecule has 1 amide bonds. The third kappa shape index (κ3) is 5.08. The molecule has 3 heterocycles. The second-order valence-electron chi connectivity index (χ2n) is 7.75. The van der Waals surface area contributed by atoms with Crippen LogP contribution in [0.25, 0.3) is 0 Å². The van der Waals surface area contributed by atoms with Gasteiger partial charge < -0.3 is 10.1 Å². The summed E-state index contributed by atoms with van der Waals surface area (Å²) in [6.07, 6.45) is 3.28. The van der Waals surface area contributed by atoms with Gasteiger partial charge in [0.15, 0.2) is 0 Å². The quantitative estimate of drug-likeness (QED) is 0.610. The van der Waals surface area contributed by atoms with Crippen LogP contribution in [0.3, 0.4) is 0 Å². The Hall–Kier alpha value is -2.84. The third-order valence-electron chi connectivity index (χ3n) is 5.41. The van der Waals surface area contributed by atoms with Crippen molar-refractivity contribution in [2.45, 2.75) is 45.7 Å². The van der Waals surface area contributed by atoms with Crippen molar-refractivity contribution in [1.29, 1.82) is 0 Å². The SMILES string of the molecule is COc1ccccc1C(=O)Nc1cc(C)nc(C2CCCCN2Cc2csc(C)n2)n1. The molecular formula is C23H27N5O2S. The zero-order valence-electron chi connectivity index (χ0n) is 18.1. The van der Waals surface area contributed by atoms with E-state index in [0.29, 0.717) is 17.1 Å². The lowest BCUT2D eigenvalue weighted by molar-refractivity contribution is 0.102. The molecule has 2 aromatic heterocycles. The summed E-state index contributed by atoms with van der Waals surface area (Å²) in [4.78, 5) is 29.3. The molecule has 1 aromatic carbocycles. The van der Waals surface area contributed by atoms with E-state index in [-0.39, 0.29) is 11.9 Å². The van der Waals surface area contributed by atoms with Gasteiger partial charge in [-0.1, -0.05) is 18.6 Å². The number of thiazole rings is 1. The predicted octanol–water partition coefficient (Wildman–Crippen LogP) is 4.54. The number of nitrogens with one attached hydrogen (secondary N) is 1. The number of anilines is 1. The van der Waals surface area contributed by atoms with E-state index >= 15 is 0 Å². The molecule has 1 unspecified atom stereocenters. The van der Waals surface area contributed by atoms with Gasteiger partial charge in [-0.15, -0.1) is 11.3 Å². The number of methoxy groups -OCH3 is 1. The third-order valence-corrected chi connectivity index (χ3v) is 6.23. The summed E-state index contributed by atoms with van der Waals surface area (Å²) in [6.45, 7) is 5.74. The van der Waals surface area contributed by atoms with Crippen LogP contribution >= 0.6 is 11.3 Å². The number of ether oxygens (including phenoxy) is 1. The van der Waals surface area contributed by atoms with E-state index in [1.165, 1.54) is 0 Å². The molecule has 0 aliphatic carbocycles.